The molecule has 2 aromatic carbocycles. The molecule has 26 heavy (non-hydrogen) atoms. The summed E-state index contributed by atoms with van der Waals surface area (Å²) < 4.78 is 14.4. The van der Waals surface area contributed by atoms with Crippen LogP contribution in [0.5, 0.6) is 0 Å². The zero-order chi connectivity index (χ0) is 18.5. The molecule has 1 aliphatic heterocycles. The Morgan fingerprint density at radius 1 is 1.12 bits per heavy atom. The molecular formula is C19H19ClFN3OS. The fourth-order valence-corrected chi connectivity index (χ4v) is 3.39. The summed E-state index contributed by atoms with van der Waals surface area (Å²) >= 11 is 11.1. The van der Waals surface area contributed by atoms with Crippen LogP contribution in [-0.4, -0.2) is 24.1 Å². The molecule has 2 aromatic rings. The van der Waals surface area contributed by atoms with E-state index >= 15 is 0 Å². The molecule has 1 aliphatic rings. The summed E-state index contributed by atoms with van der Waals surface area (Å²) in [7, 11) is 0. The summed E-state index contributed by atoms with van der Waals surface area (Å²) in [6.07, 6.45) is 3.35. The maximum absolute atomic E-state index is 14.4. The van der Waals surface area contributed by atoms with Crippen LogP contribution >= 0.6 is 23.8 Å². The molecule has 1 saturated heterocycles. The molecule has 7 heteroatoms. The van der Waals surface area contributed by atoms with Gasteiger partial charge in [-0.3, -0.25) is 10.1 Å². The molecule has 0 bridgehead atoms. The van der Waals surface area contributed by atoms with Gasteiger partial charge in [0.05, 0.1) is 16.3 Å². The molecule has 0 unspecified atom stereocenters. The molecule has 1 heterocycles. The van der Waals surface area contributed by atoms with Crippen molar-refractivity contribution < 1.29 is 9.18 Å². The Hall–Kier alpha value is -2.18. The third kappa shape index (κ3) is 4.51. The van der Waals surface area contributed by atoms with E-state index in [0.29, 0.717) is 22.0 Å². The van der Waals surface area contributed by atoms with Crippen molar-refractivity contribution in [3.63, 3.8) is 0 Å². The predicted octanol–water partition coefficient (Wildman–Crippen LogP) is 4.60. The molecular weight excluding hydrogens is 373 g/mol. The van der Waals surface area contributed by atoms with Gasteiger partial charge in [-0.25, -0.2) is 4.39 Å². The van der Waals surface area contributed by atoms with E-state index in [1.807, 2.05) is 0 Å². The highest BCUT2D eigenvalue weighted by Gasteiger charge is 2.16. The SMILES string of the molecule is O=C(NC(=S)Nc1ccc(N2CCCCC2)c(F)c1)c1ccccc1Cl. The van der Waals surface area contributed by atoms with Crippen molar-refractivity contribution in [3.8, 4) is 0 Å². The van der Waals surface area contributed by atoms with Gasteiger partial charge in [0.15, 0.2) is 5.11 Å². The van der Waals surface area contributed by atoms with Crippen molar-refractivity contribution in [1.82, 2.24) is 5.32 Å². The first kappa shape index (κ1) is 18.6. The molecule has 0 radical (unpaired) electrons. The molecule has 0 aliphatic carbocycles. The van der Waals surface area contributed by atoms with Crippen molar-refractivity contribution >= 4 is 46.2 Å². The molecule has 2 N–H and O–H groups in total. The number of piperidine rings is 1. The van der Waals surface area contributed by atoms with Gasteiger partial charge < -0.3 is 10.2 Å². The van der Waals surface area contributed by atoms with Crippen LogP contribution in [0.25, 0.3) is 0 Å². The highest BCUT2D eigenvalue weighted by molar-refractivity contribution is 7.80. The van der Waals surface area contributed by atoms with Crippen LogP contribution in [0.4, 0.5) is 15.8 Å². The summed E-state index contributed by atoms with van der Waals surface area (Å²) in [4.78, 5) is 14.2. The highest BCUT2D eigenvalue weighted by atomic mass is 35.5. The van der Waals surface area contributed by atoms with Crippen molar-refractivity contribution in [2.24, 2.45) is 0 Å². The lowest BCUT2D eigenvalue weighted by Gasteiger charge is -2.29. The first-order valence-electron chi connectivity index (χ1n) is 8.46. The Morgan fingerprint density at radius 2 is 1.85 bits per heavy atom. The summed E-state index contributed by atoms with van der Waals surface area (Å²) in [6, 6.07) is 11.6. The first-order valence-corrected chi connectivity index (χ1v) is 9.24. The van der Waals surface area contributed by atoms with Crippen LogP contribution in [0, 0.1) is 5.82 Å². The second kappa shape index (κ2) is 8.47. The number of halogens is 2. The Kier molecular flexibility index (Phi) is 6.06. The zero-order valence-corrected chi connectivity index (χ0v) is 15.7. The third-order valence-electron chi connectivity index (χ3n) is 4.25. The first-order chi connectivity index (χ1) is 12.5. The van der Waals surface area contributed by atoms with Crippen LogP contribution in [0.3, 0.4) is 0 Å². The van der Waals surface area contributed by atoms with Gasteiger partial charge in [0.25, 0.3) is 5.91 Å². The number of hydrogen-bond acceptors (Lipinski definition) is 3. The topological polar surface area (TPSA) is 44.4 Å². The van der Waals surface area contributed by atoms with E-state index in [4.69, 9.17) is 23.8 Å². The smallest absolute Gasteiger partial charge is 0.258 e. The molecule has 0 spiro atoms. The van der Waals surface area contributed by atoms with Gasteiger partial charge in [-0.2, -0.15) is 0 Å². The van der Waals surface area contributed by atoms with Crippen LogP contribution in [0.15, 0.2) is 42.5 Å². The molecule has 3 rings (SSSR count). The second-order valence-corrected chi connectivity index (χ2v) is 6.92. The number of hydrogen-bond donors (Lipinski definition) is 2. The largest absolute Gasteiger partial charge is 0.369 e. The fraction of sp³-hybridized carbons (Fsp3) is 0.263. The van der Waals surface area contributed by atoms with Gasteiger partial charge in [0.1, 0.15) is 5.82 Å². The number of thiocarbonyl (C=S) groups is 1. The second-order valence-electron chi connectivity index (χ2n) is 6.10. The van der Waals surface area contributed by atoms with Gasteiger partial charge in [0.2, 0.25) is 0 Å². The van der Waals surface area contributed by atoms with Crippen molar-refractivity contribution in [2.45, 2.75) is 19.3 Å². The van der Waals surface area contributed by atoms with Crippen LogP contribution in [0.1, 0.15) is 29.6 Å². The van der Waals surface area contributed by atoms with Crippen molar-refractivity contribution in [1.29, 1.82) is 0 Å². The lowest BCUT2D eigenvalue weighted by atomic mass is 10.1. The van der Waals surface area contributed by atoms with Gasteiger partial charge in [0, 0.05) is 18.8 Å². The van der Waals surface area contributed by atoms with Gasteiger partial charge in [-0.15, -0.1) is 0 Å². The number of anilines is 2. The Labute approximate surface area is 162 Å². The minimum Gasteiger partial charge on any atom is -0.369 e. The number of rotatable bonds is 3. The molecule has 4 nitrogen and oxygen atoms in total. The lowest BCUT2D eigenvalue weighted by Crippen LogP contribution is -2.34. The van der Waals surface area contributed by atoms with E-state index in [9.17, 15) is 9.18 Å². The lowest BCUT2D eigenvalue weighted by molar-refractivity contribution is 0.0978. The maximum Gasteiger partial charge on any atom is 0.258 e. The van der Waals surface area contributed by atoms with Crippen LogP contribution in [-0.2, 0) is 0 Å². The number of nitrogens with one attached hydrogen (secondary N) is 2. The Bertz CT molecular complexity index is 824. The highest BCUT2D eigenvalue weighted by Crippen LogP contribution is 2.25. The maximum atomic E-state index is 14.4. The summed E-state index contributed by atoms with van der Waals surface area (Å²) in [6.45, 7) is 1.74. The van der Waals surface area contributed by atoms with E-state index in [2.05, 4.69) is 15.5 Å². The van der Waals surface area contributed by atoms with Gasteiger partial charge in [-0.05, 0) is 61.8 Å². The minimum atomic E-state index is -0.418. The predicted molar refractivity (Wildman–Crippen MR) is 108 cm³/mol. The average molecular weight is 392 g/mol. The average Bonchev–Trinajstić information content (AvgIpc) is 2.62. The number of carbonyl (C=O) groups excluding carboxylic acids is 1. The van der Waals surface area contributed by atoms with Crippen LogP contribution < -0.4 is 15.5 Å². The molecule has 0 aromatic heterocycles. The number of amides is 1. The quantitative estimate of drug-likeness (QED) is 0.751. The van der Waals surface area contributed by atoms with E-state index < -0.39 is 5.91 Å². The molecule has 0 atom stereocenters. The molecule has 136 valence electrons. The van der Waals surface area contributed by atoms with Crippen molar-refractivity contribution in [2.75, 3.05) is 23.3 Å². The zero-order valence-electron chi connectivity index (χ0n) is 14.1. The fourth-order valence-electron chi connectivity index (χ4n) is 2.95. The molecule has 0 saturated carbocycles. The third-order valence-corrected chi connectivity index (χ3v) is 4.78. The van der Waals surface area contributed by atoms with Gasteiger partial charge in [-0.1, -0.05) is 23.7 Å². The summed E-state index contributed by atoms with van der Waals surface area (Å²) in [5, 5.41) is 5.80. The Balaban J connectivity index is 1.63. The normalized spacial score (nSPS) is 14.0. The van der Waals surface area contributed by atoms with E-state index in [-0.39, 0.29) is 10.9 Å². The monoisotopic (exact) mass is 391 g/mol. The minimum absolute atomic E-state index is 0.0834. The molecule has 1 fully saturated rings. The van der Waals surface area contributed by atoms with E-state index in [0.717, 1.165) is 25.9 Å². The van der Waals surface area contributed by atoms with Crippen molar-refractivity contribution in [3.05, 3.63) is 58.9 Å². The summed E-state index contributed by atoms with van der Waals surface area (Å²) in [5.41, 5.74) is 1.40. The summed E-state index contributed by atoms with van der Waals surface area (Å²) in [5.74, 6) is -0.726. The Morgan fingerprint density at radius 3 is 2.54 bits per heavy atom. The number of carbonyl (C=O) groups is 1. The standard InChI is InChI=1S/C19H19ClFN3OS/c20-15-7-3-2-6-14(15)18(25)23-19(26)22-13-8-9-17(16(21)12-13)24-10-4-1-5-11-24/h2-3,6-9,12H,1,4-5,10-11H2,(H2,22,23,25,26). The van der Waals surface area contributed by atoms with E-state index in [1.54, 1.807) is 36.4 Å². The van der Waals surface area contributed by atoms with Gasteiger partial charge >= 0.3 is 0 Å². The number of nitrogens with zero attached hydrogens (tertiary/aromatic N) is 1. The van der Waals surface area contributed by atoms with Crippen LogP contribution in [0.2, 0.25) is 5.02 Å². The van der Waals surface area contributed by atoms with E-state index in [1.165, 1.54) is 12.5 Å². The number of benzene rings is 2. The molecule has 1 amide bonds.